The summed E-state index contributed by atoms with van der Waals surface area (Å²) in [6.07, 6.45) is 17.5. The Morgan fingerprint density at radius 1 is 0.700 bits per heavy atom. The first-order chi connectivity index (χ1) is 14.7. The van der Waals surface area contributed by atoms with Gasteiger partial charge in [-0.3, -0.25) is 0 Å². The average molecular weight is 407 g/mol. The molecule has 0 atom stereocenters. The van der Waals surface area contributed by atoms with Crippen LogP contribution < -0.4 is 4.74 Å². The van der Waals surface area contributed by atoms with Crippen molar-refractivity contribution in [3.8, 4) is 5.75 Å². The number of hydrogen-bond donors (Lipinski definition) is 0. The molecule has 2 saturated carbocycles. The molecule has 1 heteroatoms. The minimum absolute atomic E-state index is 0.728. The zero-order valence-corrected chi connectivity index (χ0v) is 19.4. The molecule has 30 heavy (non-hydrogen) atoms. The number of fused-ring (bicyclic) bond motifs is 1. The fourth-order valence-corrected chi connectivity index (χ4v) is 6.36. The lowest BCUT2D eigenvalue weighted by Gasteiger charge is -2.38. The number of rotatable bonds is 8. The third-order valence-electron chi connectivity index (χ3n) is 8.17. The van der Waals surface area contributed by atoms with Gasteiger partial charge in [0.1, 0.15) is 5.75 Å². The van der Waals surface area contributed by atoms with E-state index in [1.807, 2.05) is 6.92 Å². The van der Waals surface area contributed by atoms with Crippen molar-refractivity contribution < 1.29 is 4.74 Å². The smallest absolute Gasteiger partial charge is 0.119 e. The first-order valence-corrected chi connectivity index (χ1v) is 12.9. The van der Waals surface area contributed by atoms with Gasteiger partial charge < -0.3 is 4.74 Å². The molecule has 0 radical (unpaired) electrons. The maximum atomic E-state index is 5.64. The SMILES string of the molecule is CCCC1CCC(C2CCC(CCc3ccc4cc(OCC)ccc4c3)CC2)CC1. The topological polar surface area (TPSA) is 9.23 Å². The molecule has 0 N–H and O–H groups in total. The Kier molecular flexibility index (Phi) is 7.74. The van der Waals surface area contributed by atoms with Crippen LogP contribution in [0.5, 0.6) is 5.75 Å². The monoisotopic (exact) mass is 406 g/mol. The van der Waals surface area contributed by atoms with E-state index >= 15 is 0 Å². The van der Waals surface area contributed by atoms with Crippen LogP contribution in [-0.2, 0) is 6.42 Å². The summed E-state index contributed by atoms with van der Waals surface area (Å²) in [5.74, 6) is 5.09. The van der Waals surface area contributed by atoms with Gasteiger partial charge in [0.2, 0.25) is 0 Å². The van der Waals surface area contributed by atoms with Gasteiger partial charge in [-0.15, -0.1) is 0 Å². The molecule has 0 amide bonds. The molecular formula is C29H42O. The second-order valence-electron chi connectivity index (χ2n) is 10.2. The van der Waals surface area contributed by atoms with Gasteiger partial charge >= 0.3 is 0 Å². The third-order valence-corrected chi connectivity index (χ3v) is 8.17. The standard InChI is InChI=1S/C29H42O/c1-3-5-22-8-13-25(14-9-22)26-15-10-23(11-16-26)6-7-24-12-17-28-21-29(30-4-2)19-18-27(28)20-24/h12,17-23,25-26H,3-11,13-16H2,1-2H3. The Bertz CT molecular complexity index is 778. The second kappa shape index (κ2) is 10.7. The third kappa shape index (κ3) is 5.59. The van der Waals surface area contributed by atoms with E-state index in [2.05, 4.69) is 43.3 Å². The Hall–Kier alpha value is -1.50. The van der Waals surface area contributed by atoms with E-state index in [0.717, 1.165) is 36.0 Å². The molecular weight excluding hydrogens is 364 g/mol. The highest BCUT2D eigenvalue weighted by Crippen LogP contribution is 2.43. The van der Waals surface area contributed by atoms with E-state index < -0.39 is 0 Å². The second-order valence-corrected chi connectivity index (χ2v) is 10.2. The molecule has 4 rings (SSSR count). The Labute approximate surface area is 184 Å². The zero-order valence-electron chi connectivity index (χ0n) is 19.4. The van der Waals surface area contributed by atoms with Crippen LogP contribution in [0.25, 0.3) is 10.8 Å². The molecule has 0 saturated heterocycles. The Morgan fingerprint density at radius 3 is 1.93 bits per heavy atom. The van der Waals surface area contributed by atoms with E-state index in [4.69, 9.17) is 4.74 Å². The summed E-state index contributed by atoms with van der Waals surface area (Å²) in [7, 11) is 0. The van der Waals surface area contributed by atoms with E-state index in [0.29, 0.717) is 0 Å². The highest BCUT2D eigenvalue weighted by Gasteiger charge is 2.30. The van der Waals surface area contributed by atoms with Gasteiger partial charge in [0.05, 0.1) is 6.61 Å². The maximum absolute atomic E-state index is 5.64. The molecule has 2 aliphatic rings. The van der Waals surface area contributed by atoms with Crippen LogP contribution in [0.15, 0.2) is 36.4 Å². The van der Waals surface area contributed by atoms with Crippen LogP contribution in [0, 0.1) is 23.7 Å². The van der Waals surface area contributed by atoms with E-state index in [1.54, 1.807) is 0 Å². The van der Waals surface area contributed by atoms with Crippen molar-refractivity contribution in [1.82, 2.24) is 0 Å². The molecule has 2 aliphatic carbocycles. The van der Waals surface area contributed by atoms with Crippen molar-refractivity contribution in [3.05, 3.63) is 42.0 Å². The molecule has 0 aromatic heterocycles. The number of benzene rings is 2. The Balaban J connectivity index is 1.22. The van der Waals surface area contributed by atoms with Gasteiger partial charge in [0, 0.05) is 0 Å². The fourth-order valence-electron chi connectivity index (χ4n) is 6.36. The minimum Gasteiger partial charge on any atom is -0.494 e. The van der Waals surface area contributed by atoms with E-state index in [9.17, 15) is 0 Å². The molecule has 0 heterocycles. The van der Waals surface area contributed by atoms with Crippen LogP contribution in [0.4, 0.5) is 0 Å². The lowest BCUT2D eigenvalue weighted by Crippen LogP contribution is -2.26. The normalized spacial score (nSPS) is 27.3. The van der Waals surface area contributed by atoms with Gasteiger partial charge in [-0.1, -0.05) is 69.7 Å². The highest BCUT2D eigenvalue weighted by molar-refractivity contribution is 5.84. The molecule has 2 aromatic carbocycles. The van der Waals surface area contributed by atoms with Crippen LogP contribution in [-0.4, -0.2) is 6.61 Å². The lowest BCUT2D eigenvalue weighted by atomic mass is 9.68. The van der Waals surface area contributed by atoms with Crippen molar-refractivity contribution in [3.63, 3.8) is 0 Å². The fraction of sp³-hybridized carbons (Fsp3) is 0.655. The predicted octanol–water partition coefficient (Wildman–Crippen LogP) is 8.58. The summed E-state index contributed by atoms with van der Waals surface area (Å²) in [4.78, 5) is 0. The van der Waals surface area contributed by atoms with Crippen molar-refractivity contribution >= 4 is 10.8 Å². The summed E-state index contributed by atoms with van der Waals surface area (Å²) >= 11 is 0. The average Bonchev–Trinajstić information content (AvgIpc) is 2.79. The number of hydrogen-bond acceptors (Lipinski definition) is 1. The van der Waals surface area contributed by atoms with Crippen molar-refractivity contribution in [1.29, 1.82) is 0 Å². The number of ether oxygens (including phenoxy) is 1. The van der Waals surface area contributed by atoms with Crippen LogP contribution in [0.1, 0.15) is 90.0 Å². The van der Waals surface area contributed by atoms with Gasteiger partial charge in [0.15, 0.2) is 0 Å². The molecule has 164 valence electrons. The van der Waals surface area contributed by atoms with Gasteiger partial charge in [-0.2, -0.15) is 0 Å². The van der Waals surface area contributed by atoms with Gasteiger partial charge in [0.25, 0.3) is 0 Å². The minimum atomic E-state index is 0.728. The first-order valence-electron chi connectivity index (χ1n) is 12.9. The number of aryl methyl sites for hydroxylation is 1. The van der Waals surface area contributed by atoms with E-state index in [-0.39, 0.29) is 0 Å². The van der Waals surface area contributed by atoms with Crippen molar-refractivity contribution in [2.75, 3.05) is 6.61 Å². The molecule has 0 spiro atoms. The predicted molar refractivity (Wildman–Crippen MR) is 129 cm³/mol. The maximum Gasteiger partial charge on any atom is 0.119 e. The molecule has 0 aliphatic heterocycles. The summed E-state index contributed by atoms with van der Waals surface area (Å²) in [6.45, 7) is 5.12. The van der Waals surface area contributed by atoms with Crippen LogP contribution >= 0.6 is 0 Å². The van der Waals surface area contributed by atoms with E-state index in [1.165, 1.54) is 93.4 Å². The molecule has 0 bridgehead atoms. The largest absolute Gasteiger partial charge is 0.494 e. The first kappa shape index (κ1) is 21.7. The van der Waals surface area contributed by atoms with Crippen LogP contribution in [0.2, 0.25) is 0 Å². The molecule has 0 unspecified atom stereocenters. The zero-order chi connectivity index (χ0) is 20.8. The Morgan fingerprint density at radius 2 is 1.30 bits per heavy atom. The quantitative estimate of drug-likeness (QED) is 0.426. The molecule has 2 fully saturated rings. The summed E-state index contributed by atoms with van der Waals surface area (Å²) < 4.78 is 5.64. The summed E-state index contributed by atoms with van der Waals surface area (Å²) in [6, 6.07) is 13.5. The van der Waals surface area contributed by atoms with Gasteiger partial charge in [-0.25, -0.2) is 0 Å². The lowest BCUT2D eigenvalue weighted by molar-refractivity contribution is 0.141. The van der Waals surface area contributed by atoms with Gasteiger partial charge in [-0.05, 0) is 97.6 Å². The van der Waals surface area contributed by atoms with Crippen LogP contribution in [0.3, 0.4) is 0 Å². The van der Waals surface area contributed by atoms with Crippen molar-refractivity contribution in [2.45, 2.75) is 90.9 Å². The summed E-state index contributed by atoms with van der Waals surface area (Å²) in [5, 5.41) is 2.64. The molecule has 1 nitrogen and oxygen atoms in total. The molecule has 2 aromatic rings. The summed E-state index contributed by atoms with van der Waals surface area (Å²) in [5.41, 5.74) is 1.50. The highest BCUT2D eigenvalue weighted by atomic mass is 16.5. The van der Waals surface area contributed by atoms with Crippen molar-refractivity contribution in [2.24, 2.45) is 23.7 Å².